The summed E-state index contributed by atoms with van der Waals surface area (Å²) in [4.78, 5) is 25.2. The molecule has 4 rings (SSSR count). The molecule has 0 spiro atoms. The number of nitrogens with one attached hydrogen (secondary N) is 2. The maximum atomic E-state index is 12.5. The molecular weight excluding hydrogens is 366 g/mol. The van der Waals surface area contributed by atoms with Crippen molar-refractivity contribution in [2.45, 2.75) is 19.9 Å². The van der Waals surface area contributed by atoms with Crippen molar-refractivity contribution in [2.24, 2.45) is 6.98 Å². The van der Waals surface area contributed by atoms with Gasteiger partial charge in [-0.2, -0.15) is 5.10 Å². The Balaban J connectivity index is 1.51. The first-order valence-corrected chi connectivity index (χ1v) is 9.01. The minimum Gasteiger partial charge on any atom is -0.362 e. The lowest BCUT2D eigenvalue weighted by atomic mass is 10.1. The van der Waals surface area contributed by atoms with Crippen LogP contribution in [-0.2, 0) is 6.98 Å². The first kappa shape index (κ1) is 15.2. The Kier molecular flexibility index (Phi) is 4.01. The summed E-state index contributed by atoms with van der Waals surface area (Å²) in [5.74, 6) is 0.171. The predicted molar refractivity (Wildman–Crippen MR) is 112 cm³/mol. The van der Waals surface area contributed by atoms with Crippen LogP contribution in [0.3, 0.4) is 0 Å². The normalized spacial score (nSPS) is 13.9. The second-order valence-electron chi connectivity index (χ2n) is 6.72. The number of pyridine rings is 1. The number of amides is 1. The number of hydrogen-bond donors (Lipinski definition) is 2. The summed E-state index contributed by atoms with van der Waals surface area (Å²) in [6.45, 7) is 1.36. The molecule has 2 N–H and O–H groups in total. The molecule has 3 heterocycles. The highest BCUT2D eigenvalue weighted by molar-refractivity contribution is 6.04. The maximum Gasteiger partial charge on any atom is 0.257 e. The van der Waals surface area contributed by atoms with Gasteiger partial charge in [-0.25, -0.2) is 14.6 Å². The van der Waals surface area contributed by atoms with Crippen LogP contribution < -0.4 is 10.6 Å². The highest BCUT2D eigenvalue weighted by Gasteiger charge is 2.11. The van der Waals surface area contributed by atoms with Crippen LogP contribution in [0.5, 0.6) is 0 Å². The van der Waals surface area contributed by atoms with Gasteiger partial charge >= 0.3 is 0 Å². The number of carbonyl (C=O) groups is 1. The second-order valence-corrected chi connectivity index (χ2v) is 6.72. The minimum absolute atomic E-state index is 0.176. The van der Waals surface area contributed by atoms with Crippen LogP contribution in [0, 0.1) is 6.92 Å². The standard InChI is InChI=1S/C21H21N7O/c1-13-7-16(10-22-9-13)21(29)26-17-6-4-5-15(8-17)14(2)25-19-12-23-18-11-24-28(3)20(18)27-19/h4-12,14H,1-3H3,(H,25,27)(H,26,29)/t14-/m0/s1/i3D3. The zero-order valence-corrected chi connectivity index (χ0v) is 15.9. The Morgan fingerprint density at radius 1 is 1.21 bits per heavy atom. The van der Waals surface area contributed by atoms with Gasteiger partial charge in [0.1, 0.15) is 11.3 Å². The van der Waals surface area contributed by atoms with Gasteiger partial charge in [0.15, 0.2) is 5.65 Å². The highest BCUT2D eigenvalue weighted by Crippen LogP contribution is 2.22. The van der Waals surface area contributed by atoms with Gasteiger partial charge in [-0.05, 0) is 43.2 Å². The van der Waals surface area contributed by atoms with Crippen molar-refractivity contribution in [3.05, 3.63) is 71.8 Å². The molecule has 1 amide bonds. The lowest BCUT2D eigenvalue weighted by Crippen LogP contribution is -2.13. The van der Waals surface area contributed by atoms with Crippen LogP contribution in [0.2, 0.25) is 0 Å². The van der Waals surface area contributed by atoms with E-state index < -0.39 is 6.98 Å². The summed E-state index contributed by atoms with van der Waals surface area (Å²) >= 11 is 0. The Morgan fingerprint density at radius 2 is 2.10 bits per heavy atom. The van der Waals surface area contributed by atoms with E-state index in [4.69, 9.17) is 4.11 Å². The topological polar surface area (TPSA) is 97.6 Å². The van der Waals surface area contributed by atoms with Gasteiger partial charge in [-0.1, -0.05) is 12.1 Å². The van der Waals surface area contributed by atoms with Crippen LogP contribution >= 0.6 is 0 Å². The van der Waals surface area contributed by atoms with Crippen LogP contribution in [0.25, 0.3) is 11.2 Å². The SMILES string of the molecule is [2H]C([2H])([2H])n1ncc2ncc(N[C@@H](C)c3cccc(NC(=O)c4cncc(C)c4)c3)nc21. The summed E-state index contributed by atoms with van der Waals surface area (Å²) in [5, 5.41) is 9.97. The van der Waals surface area contributed by atoms with Gasteiger partial charge in [0.25, 0.3) is 5.91 Å². The summed E-state index contributed by atoms with van der Waals surface area (Å²) in [7, 11) is 0. The number of fused-ring (bicyclic) bond motifs is 1. The van der Waals surface area contributed by atoms with Crippen molar-refractivity contribution < 1.29 is 8.91 Å². The van der Waals surface area contributed by atoms with E-state index in [-0.39, 0.29) is 17.6 Å². The van der Waals surface area contributed by atoms with E-state index in [9.17, 15) is 4.79 Å². The van der Waals surface area contributed by atoms with Crippen LogP contribution in [0.1, 0.15) is 38.6 Å². The van der Waals surface area contributed by atoms with Crippen molar-refractivity contribution in [2.75, 3.05) is 10.6 Å². The predicted octanol–water partition coefficient (Wildman–Crippen LogP) is 3.49. The lowest BCUT2D eigenvalue weighted by Gasteiger charge is -2.16. The Morgan fingerprint density at radius 3 is 2.93 bits per heavy atom. The molecule has 4 aromatic rings. The molecule has 0 radical (unpaired) electrons. The largest absolute Gasteiger partial charge is 0.362 e. The average Bonchev–Trinajstić information content (AvgIpc) is 3.18. The van der Waals surface area contributed by atoms with Gasteiger partial charge in [-0.3, -0.25) is 9.78 Å². The molecule has 8 heteroatoms. The third-order valence-electron chi connectivity index (χ3n) is 4.42. The van der Waals surface area contributed by atoms with Crippen LogP contribution in [0.4, 0.5) is 11.5 Å². The smallest absolute Gasteiger partial charge is 0.257 e. The van der Waals surface area contributed by atoms with E-state index in [1.807, 2.05) is 32.0 Å². The fourth-order valence-corrected chi connectivity index (χ4v) is 2.95. The quantitative estimate of drug-likeness (QED) is 0.541. The Hall–Kier alpha value is -3.81. The van der Waals surface area contributed by atoms with Crippen molar-refractivity contribution in [3.63, 3.8) is 0 Å². The fraction of sp³-hybridized carbons (Fsp3) is 0.190. The molecule has 0 saturated carbocycles. The number of aryl methyl sites for hydroxylation is 2. The Labute approximate surface area is 172 Å². The molecule has 1 atom stereocenters. The summed E-state index contributed by atoms with van der Waals surface area (Å²) in [6, 6.07) is 9.00. The Bertz CT molecular complexity index is 1290. The summed E-state index contributed by atoms with van der Waals surface area (Å²) in [6.07, 6.45) is 6.11. The molecule has 146 valence electrons. The van der Waals surface area contributed by atoms with Crippen molar-refractivity contribution >= 4 is 28.6 Å². The van der Waals surface area contributed by atoms with Crippen molar-refractivity contribution in [1.82, 2.24) is 24.7 Å². The zero-order valence-electron chi connectivity index (χ0n) is 18.9. The molecule has 0 aliphatic rings. The van der Waals surface area contributed by atoms with Crippen LogP contribution in [-0.4, -0.2) is 30.6 Å². The van der Waals surface area contributed by atoms with Crippen LogP contribution in [0.15, 0.2) is 55.1 Å². The monoisotopic (exact) mass is 390 g/mol. The minimum atomic E-state index is -2.44. The molecule has 0 unspecified atom stereocenters. The van der Waals surface area contributed by atoms with Crippen molar-refractivity contribution in [1.29, 1.82) is 0 Å². The number of aromatic nitrogens is 5. The van der Waals surface area contributed by atoms with E-state index in [0.29, 0.717) is 22.6 Å². The van der Waals surface area contributed by atoms with Gasteiger partial charge in [0.2, 0.25) is 0 Å². The number of hydrogen-bond acceptors (Lipinski definition) is 6. The number of rotatable bonds is 5. The number of anilines is 2. The molecule has 29 heavy (non-hydrogen) atoms. The first-order chi connectivity index (χ1) is 15.2. The van der Waals surface area contributed by atoms with E-state index in [1.165, 1.54) is 18.6 Å². The molecule has 0 aliphatic heterocycles. The maximum absolute atomic E-state index is 12.5. The molecule has 0 fully saturated rings. The molecule has 8 nitrogen and oxygen atoms in total. The third kappa shape index (κ3) is 4.06. The lowest BCUT2D eigenvalue weighted by molar-refractivity contribution is 0.102. The first-order valence-electron chi connectivity index (χ1n) is 10.5. The van der Waals surface area contributed by atoms with Gasteiger partial charge in [-0.15, -0.1) is 0 Å². The molecular formula is C21H21N7O. The van der Waals surface area contributed by atoms with Gasteiger partial charge in [0, 0.05) is 29.2 Å². The fourth-order valence-electron chi connectivity index (χ4n) is 2.95. The van der Waals surface area contributed by atoms with E-state index >= 15 is 0 Å². The van der Waals surface area contributed by atoms with Gasteiger partial charge < -0.3 is 10.6 Å². The molecule has 0 aliphatic carbocycles. The zero-order chi connectivity index (χ0) is 22.9. The van der Waals surface area contributed by atoms with E-state index in [1.54, 1.807) is 18.3 Å². The summed E-state index contributed by atoms with van der Waals surface area (Å²) < 4.78 is 23.6. The average molecular weight is 390 g/mol. The van der Waals surface area contributed by atoms with E-state index in [2.05, 4.69) is 30.7 Å². The third-order valence-corrected chi connectivity index (χ3v) is 4.42. The number of nitrogens with zero attached hydrogens (tertiary/aromatic N) is 5. The summed E-state index contributed by atoms with van der Waals surface area (Å²) in [5.41, 5.74) is 3.50. The van der Waals surface area contributed by atoms with E-state index in [0.717, 1.165) is 15.8 Å². The molecule has 0 saturated heterocycles. The number of benzene rings is 1. The molecule has 0 bridgehead atoms. The van der Waals surface area contributed by atoms with Crippen molar-refractivity contribution in [3.8, 4) is 0 Å². The molecule has 1 aromatic carbocycles. The number of carbonyl (C=O) groups excluding carboxylic acids is 1. The highest BCUT2D eigenvalue weighted by atomic mass is 16.1. The van der Waals surface area contributed by atoms with Gasteiger partial charge in [0.05, 0.1) is 24.0 Å². The second kappa shape index (κ2) is 7.67. The molecule has 3 aromatic heterocycles.